The third-order valence-electron chi connectivity index (χ3n) is 1.80. The maximum absolute atomic E-state index is 10.4. The molecule has 0 aromatic carbocycles. The topological polar surface area (TPSA) is 41.8 Å². The van der Waals surface area contributed by atoms with E-state index in [1.165, 1.54) is 0 Å². The van der Waals surface area contributed by atoms with Gasteiger partial charge in [0.25, 0.3) is 0 Å². The summed E-state index contributed by atoms with van der Waals surface area (Å²) < 4.78 is 0.517. The van der Waals surface area contributed by atoms with Crippen LogP contribution < -0.4 is 0 Å². The van der Waals surface area contributed by atoms with Crippen molar-refractivity contribution in [3.8, 4) is 0 Å². The fourth-order valence-corrected chi connectivity index (χ4v) is 1.44. The van der Waals surface area contributed by atoms with Crippen LogP contribution in [0.15, 0.2) is 32.1 Å². The van der Waals surface area contributed by atoms with E-state index in [9.17, 15) is 4.91 Å². The molecule has 0 aromatic heterocycles. The normalized spacial score (nSPS) is 28.3. The Morgan fingerprint density at radius 3 is 3.08 bits per heavy atom. The van der Waals surface area contributed by atoms with Crippen molar-refractivity contribution in [2.45, 2.75) is 26.2 Å². The molecule has 1 rings (SSSR count). The molecule has 3 nitrogen and oxygen atoms in total. The molecule has 0 aromatic rings. The fourth-order valence-electron chi connectivity index (χ4n) is 1.11. The Bertz CT molecular complexity index is 292. The molecule has 13 heavy (non-hydrogen) atoms. The maximum atomic E-state index is 10.4. The van der Waals surface area contributed by atoms with Gasteiger partial charge in [0, 0.05) is 6.21 Å². The van der Waals surface area contributed by atoms with E-state index in [0.29, 0.717) is 10.3 Å². The minimum Gasteiger partial charge on any atom is -0.251 e. The number of nitroso groups, excluding NO2 is 1. The molecule has 0 spiro atoms. The summed E-state index contributed by atoms with van der Waals surface area (Å²) in [6.45, 7) is 2.00. The SMILES string of the molecule is C/C1=C/C(N=O)=C(/Br)N=CCCC1. The van der Waals surface area contributed by atoms with Crippen LogP contribution >= 0.6 is 15.9 Å². The average Bonchev–Trinajstić information content (AvgIpc) is 2.19. The van der Waals surface area contributed by atoms with Crippen molar-refractivity contribution in [1.82, 2.24) is 0 Å². The van der Waals surface area contributed by atoms with E-state index in [1.807, 2.05) is 13.1 Å². The number of aliphatic imine (C=N–C) groups is 1. The van der Waals surface area contributed by atoms with E-state index < -0.39 is 0 Å². The van der Waals surface area contributed by atoms with Crippen molar-refractivity contribution in [3.05, 3.63) is 26.9 Å². The molecule has 1 heterocycles. The summed E-state index contributed by atoms with van der Waals surface area (Å²) in [5.41, 5.74) is 1.53. The van der Waals surface area contributed by atoms with Crippen LogP contribution in [0.3, 0.4) is 0 Å². The van der Waals surface area contributed by atoms with Crippen LogP contribution in [0.2, 0.25) is 0 Å². The van der Waals surface area contributed by atoms with Crippen molar-refractivity contribution in [2.75, 3.05) is 0 Å². The lowest BCUT2D eigenvalue weighted by Crippen LogP contribution is -1.79. The first-order valence-electron chi connectivity index (χ1n) is 4.17. The van der Waals surface area contributed by atoms with E-state index in [2.05, 4.69) is 26.1 Å². The Balaban J connectivity index is 3.02. The van der Waals surface area contributed by atoms with Crippen LogP contribution in [0.4, 0.5) is 0 Å². The van der Waals surface area contributed by atoms with Gasteiger partial charge < -0.3 is 0 Å². The van der Waals surface area contributed by atoms with Gasteiger partial charge >= 0.3 is 0 Å². The van der Waals surface area contributed by atoms with E-state index in [-0.39, 0.29) is 0 Å². The Morgan fingerprint density at radius 1 is 1.62 bits per heavy atom. The number of hydrogen-bond acceptors (Lipinski definition) is 3. The molecule has 4 heteroatoms. The summed E-state index contributed by atoms with van der Waals surface area (Å²) in [5, 5.41) is 2.91. The van der Waals surface area contributed by atoms with E-state index in [4.69, 9.17) is 0 Å². The second kappa shape index (κ2) is 5.07. The maximum Gasteiger partial charge on any atom is 0.140 e. The van der Waals surface area contributed by atoms with Crippen molar-refractivity contribution in [2.24, 2.45) is 10.2 Å². The summed E-state index contributed by atoms with van der Waals surface area (Å²) >= 11 is 3.21. The molecular formula is C9H11BrN2O. The molecule has 0 bridgehead atoms. The molecule has 0 saturated carbocycles. The van der Waals surface area contributed by atoms with E-state index in [1.54, 1.807) is 6.08 Å². The number of halogens is 1. The quantitative estimate of drug-likeness (QED) is 0.513. The lowest BCUT2D eigenvalue weighted by molar-refractivity contribution is 0.862. The third-order valence-corrected chi connectivity index (χ3v) is 2.41. The van der Waals surface area contributed by atoms with Crippen LogP contribution in [-0.4, -0.2) is 6.21 Å². The minimum absolute atomic E-state index is 0.371. The zero-order chi connectivity index (χ0) is 9.68. The largest absolute Gasteiger partial charge is 0.251 e. The van der Waals surface area contributed by atoms with Gasteiger partial charge in [0.1, 0.15) is 10.3 Å². The highest BCUT2D eigenvalue weighted by atomic mass is 79.9. The molecule has 0 atom stereocenters. The van der Waals surface area contributed by atoms with Gasteiger partial charge in [0.2, 0.25) is 0 Å². The first-order chi connectivity index (χ1) is 6.24. The van der Waals surface area contributed by atoms with Crippen LogP contribution in [0.25, 0.3) is 0 Å². The molecule has 0 fully saturated rings. The Labute approximate surface area is 85.7 Å². The standard InChI is InChI=1S/C9H11BrN2O/c1-7-4-2-3-5-11-9(10)8(6-7)12-13/h5-6H,2-4H2,1H3/b7-6-,9-8+,11-5?. The highest BCUT2D eigenvalue weighted by molar-refractivity contribution is 9.11. The van der Waals surface area contributed by atoms with Crippen molar-refractivity contribution in [1.29, 1.82) is 0 Å². The molecule has 0 amide bonds. The predicted octanol–water partition coefficient (Wildman–Crippen LogP) is 3.52. The van der Waals surface area contributed by atoms with Crippen LogP contribution in [-0.2, 0) is 0 Å². The van der Waals surface area contributed by atoms with Gasteiger partial charge in [-0.1, -0.05) is 5.57 Å². The highest BCUT2D eigenvalue weighted by Gasteiger charge is 2.03. The summed E-state index contributed by atoms with van der Waals surface area (Å²) in [6.07, 6.45) is 6.58. The first kappa shape index (κ1) is 10.3. The van der Waals surface area contributed by atoms with Gasteiger partial charge in [-0.25, -0.2) is 0 Å². The molecule has 0 radical (unpaired) electrons. The molecule has 1 aliphatic heterocycles. The van der Waals surface area contributed by atoms with Gasteiger partial charge in [-0.05, 0) is 53.4 Å². The number of rotatable bonds is 1. The van der Waals surface area contributed by atoms with Gasteiger partial charge in [0.05, 0.1) is 0 Å². The first-order valence-corrected chi connectivity index (χ1v) is 4.96. The van der Waals surface area contributed by atoms with E-state index >= 15 is 0 Å². The number of nitrogens with zero attached hydrogens (tertiary/aromatic N) is 2. The zero-order valence-electron chi connectivity index (χ0n) is 7.46. The molecule has 0 aliphatic carbocycles. The number of hydrogen-bond donors (Lipinski definition) is 0. The lowest BCUT2D eigenvalue weighted by atomic mass is 10.1. The Kier molecular flexibility index (Phi) is 4.02. The molecule has 70 valence electrons. The van der Waals surface area contributed by atoms with Crippen molar-refractivity contribution >= 4 is 22.1 Å². The smallest absolute Gasteiger partial charge is 0.140 e. The summed E-state index contributed by atoms with van der Waals surface area (Å²) in [6, 6.07) is 0. The summed E-state index contributed by atoms with van der Waals surface area (Å²) in [5.74, 6) is 0. The van der Waals surface area contributed by atoms with Crippen LogP contribution in [0.1, 0.15) is 26.2 Å². The lowest BCUT2D eigenvalue weighted by Gasteiger charge is -1.96. The van der Waals surface area contributed by atoms with Crippen molar-refractivity contribution < 1.29 is 0 Å². The van der Waals surface area contributed by atoms with Gasteiger partial charge in [-0.15, -0.1) is 4.91 Å². The Hall–Kier alpha value is -0.770. The van der Waals surface area contributed by atoms with Crippen LogP contribution in [0, 0.1) is 4.91 Å². The third kappa shape index (κ3) is 3.22. The second-order valence-electron chi connectivity index (χ2n) is 2.96. The monoisotopic (exact) mass is 242 g/mol. The number of allylic oxidation sites excluding steroid dienone is 2. The predicted molar refractivity (Wildman–Crippen MR) is 57.8 cm³/mol. The molecule has 0 unspecified atom stereocenters. The zero-order valence-corrected chi connectivity index (χ0v) is 9.04. The minimum atomic E-state index is 0.371. The highest BCUT2D eigenvalue weighted by Crippen LogP contribution is 2.20. The average molecular weight is 243 g/mol. The molecule has 1 aliphatic rings. The molecule has 0 N–H and O–H groups in total. The Morgan fingerprint density at radius 2 is 2.38 bits per heavy atom. The van der Waals surface area contributed by atoms with Crippen molar-refractivity contribution in [3.63, 3.8) is 0 Å². The van der Waals surface area contributed by atoms with Gasteiger partial charge in [-0.2, -0.15) is 0 Å². The fraction of sp³-hybridized carbons (Fsp3) is 0.444. The molecule has 0 saturated heterocycles. The summed E-state index contributed by atoms with van der Waals surface area (Å²) in [7, 11) is 0. The summed E-state index contributed by atoms with van der Waals surface area (Å²) in [4.78, 5) is 14.5. The van der Waals surface area contributed by atoms with Crippen LogP contribution in [0.5, 0.6) is 0 Å². The van der Waals surface area contributed by atoms with E-state index in [0.717, 1.165) is 24.8 Å². The van der Waals surface area contributed by atoms with Gasteiger partial charge in [-0.3, -0.25) is 4.99 Å². The molecular weight excluding hydrogens is 232 g/mol. The van der Waals surface area contributed by atoms with Gasteiger partial charge in [0.15, 0.2) is 0 Å². The second-order valence-corrected chi connectivity index (χ2v) is 3.71.